The van der Waals surface area contributed by atoms with Crippen molar-refractivity contribution in [2.75, 3.05) is 31.3 Å². The van der Waals surface area contributed by atoms with Gasteiger partial charge in [-0.3, -0.25) is 0 Å². The summed E-state index contributed by atoms with van der Waals surface area (Å²) in [6, 6.07) is 2.30. The van der Waals surface area contributed by atoms with Gasteiger partial charge < -0.3 is 15.4 Å². The monoisotopic (exact) mass is 266 g/mol. The molecule has 1 aromatic carbocycles. The van der Waals surface area contributed by atoms with Crippen molar-refractivity contribution >= 4 is 11.4 Å². The predicted octanol–water partition coefficient (Wildman–Crippen LogP) is 2.81. The minimum Gasteiger partial charge on any atom is -0.494 e. The first-order chi connectivity index (χ1) is 8.24. The van der Waals surface area contributed by atoms with E-state index in [4.69, 9.17) is 10.5 Å². The second kappa shape index (κ2) is 5.32. The second-order valence-corrected chi connectivity index (χ2v) is 3.83. The van der Waals surface area contributed by atoms with E-state index in [1.54, 1.807) is 0 Å². The number of hydrogen-bond donors (Lipinski definition) is 1. The Labute approximate surface area is 102 Å². The lowest BCUT2D eigenvalue weighted by Crippen LogP contribution is -2.24. The minimum absolute atomic E-state index is 0.0574. The van der Waals surface area contributed by atoms with Crippen molar-refractivity contribution < 1.29 is 22.3 Å². The molecule has 7 heteroatoms. The minimum atomic E-state index is -4.24. The fraction of sp³-hybridized carbons (Fsp3) is 0.455. The largest absolute Gasteiger partial charge is 0.494 e. The fourth-order valence-electron chi connectivity index (χ4n) is 1.46. The molecule has 3 nitrogen and oxygen atoms in total. The van der Waals surface area contributed by atoms with Gasteiger partial charge in [-0.15, -0.1) is 0 Å². The quantitative estimate of drug-likeness (QED) is 0.672. The fourth-order valence-corrected chi connectivity index (χ4v) is 1.46. The van der Waals surface area contributed by atoms with E-state index in [0.29, 0.717) is 5.69 Å². The molecule has 0 aromatic heterocycles. The van der Waals surface area contributed by atoms with Crippen LogP contribution in [0.4, 0.5) is 28.9 Å². The molecule has 0 fully saturated rings. The number of hydrogen-bond acceptors (Lipinski definition) is 3. The van der Waals surface area contributed by atoms with Crippen LogP contribution >= 0.6 is 0 Å². The topological polar surface area (TPSA) is 38.5 Å². The van der Waals surface area contributed by atoms with E-state index in [2.05, 4.69) is 0 Å². The van der Waals surface area contributed by atoms with E-state index >= 15 is 0 Å². The Balaban J connectivity index is 2.88. The van der Waals surface area contributed by atoms with Crippen LogP contribution in [0.2, 0.25) is 0 Å². The van der Waals surface area contributed by atoms with Crippen LogP contribution in [0.1, 0.15) is 6.42 Å². The SMILES string of the molecule is COc1cc(N(C)CCC(F)(F)F)c(N)cc1F. The van der Waals surface area contributed by atoms with E-state index in [0.717, 1.165) is 6.07 Å². The average molecular weight is 266 g/mol. The molecular weight excluding hydrogens is 252 g/mol. The summed E-state index contributed by atoms with van der Waals surface area (Å²) < 4.78 is 54.3. The number of anilines is 2. The van der Waals surface area contributed by atoms with Crippen molar-refractivity contribution in [2.45, 2.75) is 12.6 Å². The van der Waals surface area contributed by atoms with Crippen molar-refractivity contribution in [3.05, 3.63) is 17.9 Å². The summed E-state index contributed by atoms with van der Waals surface area (Å²) in [6.45, 7) is -0.261. The maximum absolute atomic E-state index is 13.3. The summed E-state index contributed by atoms with van der Waals surface area (Å²) in [7, 11) is 2.73. The summed E-state index contributed by atoms with van der Waals surface area (Å²) in [4.78, 5) is 1.31. The zero-order valence-corrected chi connectivity index (χ0v) is 10.0. The van der Waals surface area contributed by atoms with Crippen LogP contribution in [0.15, 0.2) is 12.1 Å². The van der Waals surface area contributed by atoms with Crippen LogP contribution in [0.5, 0.6) is 5.75 Å². The van der Waals surface area contributed by atoms with Crippen LogP contribution < -0.4 is 15.4 Å². The van der Waals surface area contributed by atoms with Gasteiger partial charge in [-0.25, -0.2) is 4.39 Å². The van der Waals surface area contributed by atoms with Crippen molar-refractivity contribution in [1.29, 1.82) is 0 Å². The molecule has 0 unspecified atom stereocenters. The normalized spacial score (nSPS) is 11.4. The van der Waals surface area contributed by atoms with E-state index in [-0.39, 0.29) is 18.0 Å². The Kier molecular flexibility index (Phi) is 4.26. The number of nitrogen functional groups attached to an aromatic ring is 1. The van der Waals surface area contributed by atoms with E-state index < -0.39 is 18.4 Å². The van der Waals surface area contributed by atoms with E-state index in [1.165, 1.54) is 25.1 Å². The zero-order chi connectivity index (χ0) is 13.9. The predicted molar refractivity (Wildman–Crippen MR) is 61.3 cm³/mol. The maximum atomic E-state index is 13.3. The Hall–Kier alpha value is -1.66. The number of ether oxygens (including phenoxy) is 1. The number of nitrogens with two attached hydrogens (primary N) is 1. The molecule has 0 saturated carbocycles. The number of halogens is 4. The smallest absolute Gasteiger partial charge is 0.390 e. The van der Waals surface area contributed by atoms with Crippen LogP contribution in [-0.4, -0.2) is 26.9 Å². The summed E-state index contributed by atoms with van der Waals surface area (Å²) in [5.74, 6) is -0.707. The Morgan fingerprint density at radius 2 is 1.94 bits per heavy atom. The molecule has 0 aliphatic carbocycles. The van der Waals surface area contributed by atoms with Gasteiger partial charge in [0.25, 0.3) is 0 Å². The molecule has 0 bridgehead atoms. The van der Waals surface area contributed by atoms with Gasteiger partial charge in [0.2, 0.25) is 0 Å². The average Bonchev–Trinajstić information content (AvgIpc) is 2.25. The Morgan fingerprint density at radius 3 is 2.44 bits per heavy atom. The molecule has 1 aromatic rings. The molecule has 18 heavy (non-hydrogen) atoms. The Bertz CT molecular complexity index is 420. The summed E-state index contributed by atoms with van der Waals surface area (Å²) >= 11 is 0. The number of benzene rings is 1. The van der Waals surface area contributed by atoms with Crippen molar-refractivity contribution in [2.24, 2.45) is 0 Å². The molecule has 0 aliphatic rings. The van der Waals surface area contributed by atoms with Crippen LogP contribution in [0.3, 0.4) is 0 Å². The molecule has 0 radical (unpaired) electrons. The highest BCUT2D eigenvalue weighted by molar-refractivity contribution is 5.69. The number of nitrogens with zero attached hydrogens (tertiary/aromatic N) is 1. The number of alkyl halides is 3. The number of methoxy groups -OCH3 is 1. The van der Waals surface area contributed by atoms with Gasteiger partial charge >= 0.3 is 6.18 Å². The molecule has 0 aliphatic heterocycles. The number of rotatable bonds is 4. The third-order valence-corrected chi connectivity index (χ3v) is 2.44. The van der Waals surface area contributed by atoms with Gasteiger partial charge in [0, 0.05) is 25.7 Å². The van der Waals surface area contributed by atoms with Crippen LogP contribution in [0, 0.1) is 5.82 Å². The summed E-state index contributed by atoms with van der Waals surface area (Å²) in [6.07, 6.45) is -5.21. The molecule has 0 heterocycles. The van der Waals surface area contributed by atoms with Gasteiger partial charge in [-0.1, -0.05) is 0 Å². The highest BCUT2D eigenvalue weighted by Gasteiger charge is 2.27. The highest BCUT2D eigenvalue weighted by atomic mass is 19.4. The Morgan fingerprint density at radius 1 is 1.33 bits per heavy atom. The molecule has 0 spiro atoms. The zero-order valence-electron chi connectivity index (χ0n) is 10.0. The molecule has 102 valence electrons. The highest BCUT2D eigenvalue weighted by Crippen LogP contribution is 2.31. The first-order valence-electron chi connectivity index (χ1n) is 5.15. The molecule has 2 N–H and O–H groups in total. The third-order valence-electron chi connectivity index (χ3n) is 2.44. The van der Waals surface area contributed by atoms with Gasteiger partial charge in [-0.05, 0) is 0 Å². The molecular formula is C11H14F4N2O. The maximum Gasteiger partial charge on any atom is 0.390 e. The van der Waals surface area contributed by atoms with Gasteiger partial charge in [-0.2, -0.15) is 13.2 Å². The van der Waals surface area contributed by atoms with Gasteiger partial charge in [0.1, 0.15) is 0 Å². The van der Waals surface area contributed by atoms with Gasteiger partial charge in [0.15, 0.2) is 11.6 Å². The first kappa shape index (κ1) is 14.4. The lowest BCUT2D eigenvalue weighted by Gasteiger charge is -2.22. The molecule has 0 saturated heterocycles. The summed E-state index contributed by atoms with van der Waals surface area (Å²) in [5.41, 5.74) is 5.94. The van der Waals surface area contributed by atoms with E-state index in [1.807, 2.05) is 0 Å². The lowest BCUT2D eigenvalue weighted by molar-refractivity contribution is -0.132. The van der Waals surface area contributed by atoms with Crippen LogP contribution in [-0.2, 0) is 0 Å². The first-order valence-corrected chi connectivity index (χ1v) is 5.15. The van der Waals surface area contributed by atoms with Crippen molar-refractivity contribution in [3.63, 3.8) is 0 Å². The molecule has 0 atom stereocenters. The standard InChI is InChI=1S/C11H14F4N2O/c1-17(4-3-11(13,14)15)9-6-10(18-2)7(12)5-8(9)16/h5-6H,3-4,16H2,1-2H3. The van der Waals surface area contributed by atoms with Crippen molar-refractivity contribution in [1.82, 2.24) is 0 Å². The molecule has 1 rings (SSSR count). The third kappa shape index (κ3) is 3.68. The van der Waals surface area contributed by atoms with Gasteiger partial charge in [0.05, 0.1) is 24.9 Å². The molecule has 0 amide bonds. The summed E-state index contributed by atoms with van der Waals surface area (Å²) in [5, 5.41) is 0. The second-order valence-electron chi connectivity index (χ2n) is 3.83. The van der Waals surface area contributed by atoms with E-state index in [9.17, 15) is 17.6 Å². The van der Waals surface area contributed by atoms with Crippen molar-refractivity contribution in [3.8, 4) is 5.75 Å². The van der Waals surface area contributed by atoms with Crippen LogP contribution in [0.25, 0.3) is 0 Å². The lowest BCUT2D eigenvalue weighted by atomic mass is 10.2.